The lowest BCUT2D eigenvalue weighted by Crippen LogP contribution is -2.35. The molecule has 28 heavy (non-hydrogen) atoms. The van der Waals surface area contributed by atoms with Crippen LogP contribution < -0.4 is 5.32 Å². The molecule has 3 rings (SSSR count). The van der Waals surface area contributed by atoms with Gasteiger partial charge < -0.3 is 10.1 Å². The molecule has 0 aliphatic heterocycles. The van der Waals surface area contributed by atoms with Crippen LogP contribution in [0.5, 0.6) is 0 Å². The number of benzene rings is 1. The van der Waals surface area contributed by atoms with Gasteiger partial charge in [-0.3, -0.25) is 9.48 Å². The van der Waals surface area contributed by atoms with Crippen molar-refractivity contribution in [3.8, 4) is 10.6 Å². The van der Waals surface area contributed by atoms with Gasteiger partial charge in [-0.15, -0.1) is 17.9 Å². The maximum absolute atomic E-state index is 12.7. The molecule has 0 aliphatic carbocycles. The topological polar surface area (TPSA) is 73.2 Å². The third-order valence-electron chi connectivity index (χ3n) is 4.00. The van der Waals surface area contributed by atoms with Crippen LogP contribution >= 0.6 is 11.3 Å². The Kier molecular flexibility index (Phi) is 6.39. The van der Waals surface area contributed by atoms with Crippen molar-refractivity contribution in [2.75, 3.05) is 6.54 Å². The zero-order chi connectivity index (χ0) is 19.9. The molecule has 7 heteroatoms. The van der Waals surface area contributed by atoms with Crippen LogP contribution in [-0.4, -0.2) is 34.3 Å². The van der Waals surface area contributed by atoms with E-state index in [2.05, 4.69) is 17.0 Å². The Morgan fingerprint density at radius 3 is 2.75 bits per heavy atom. The number of ether oxygens (including phenoxy) is 1. The third kappa shape index (κ3) is 4.75. The van der Waals surface area contributed by atoms with Crippen molar-refractivity contribution in [1.82, 2.24) is 15.1 Å². The Hall–Kier alpha value is -3.19. The van der Waals surface area contributed by atoms with E-state index in [1.54, 1.807) is 17.0 Å². The molecule has 3 aromatic rings. The highest BCUT2D eigenvalue weighted by Gasteiger charge is 2.24. The van der Waals surface area contributed by atoms with Crippen LogP contribution in [0.1, 0.15) is 22.8 Å². The number of amides is 1. The van der Waals surface area contributed by atoms with Gasteiger partial charge in [-0.05, 0) is 23.9 Å². The summed E-state index contributed by atoms with van der Waals surface area (Å²) in [4.78, 5) is 25.6. The highest BCUT2D eigenvalue weighted by Crippen LogP contribution is 2.27. The van der Waals surface area contributed by atoms with Gasteiger partial charge in [0.05, 0.1) is 11.4 Å². The summed E-state index contributed by atoms with van der Waals surface area (Å²) < 4.78 is 7.08. The number of hydrogen-bond donors (Lipinski definition) is 1. The van der Waals surface area contributed by atoms with Gasteiger partial charge in [-0.1, -0.05) is 42.5 Å². The van der Waals surface area contributed by atoms with E-state index in [0.717, 1.165) is 10.4 Å². The van der Waals surface area contributed by atoms with E-state index >= 15 is 0 Å². The Bertz CT molecular complexity index is 949. The van der Waals surface area contributed by atoms with E-state index in [9.17, 15) is 9.59 Å². The lowest BCUT2D eigenvalue weighted by molar-refractivity contribution is -0.128. The van der Waals surface area contributed by atoms with Crippen molar-refractivity contribution in [2.24, 2.45) is 0 Å². The number of nitrogens with zero attached hydrogens (tertiary/aromatic N) is 2. The molecular weight excluding hydrogens is 374 g/mol. The molecule has 1 amide bonds. The second kappa shape index (κ2) is 9.14. The first-order valence-corrected chi connectivity index (χ1v) is 9.71. The van der Waals surface area contributed by atoms with Crippen LogP contribution in [0.2, 0.25) is 0 Å². The van der Waals surface area contributed by atoms with Gasteiger partial charge in [0, 0.05) is 12.7 Å². The predicted molar refractivity (Wildman–Crippen MR) is 109 cm³/mol. The molecule has 1 atom stereocenters. The molecule has 0 fully saturated rings. The maximum Gasteiger partial charge on any atom is 0.342 e. The van der Waals surface area contributed by atoms with Crippen molar-refractivity contribution < 1.29 is 14.3 Å². The van der Waals surface area contributed by atoms with Crippen molar-refractivity contribution >= 4 is 23.2 Å². The van der Waals surface area contributed by atoms with E-state index in [1.807, 2.05) is 47.8 Å². The van der Waals surface area contributed by atoms with E-state index in [-0.39, 0.29) is 5.91 Å². The van der Waals surface area contributed by atoms with Crippen LogP contribution in [-0.2, 0) is 16.1 Å². The predicted octanol–water partition coefficient (Wildman–Crippen LogP) is 3.51. The monoisotopic (exact) mass is 395 g/mol. The number of esters is 1. The fourth-order valence-electron chi connectivity index (χ4n) is 2.61. The molecule has 0 saturated carbocycles. The molecular formula is C21H21N3O3S. The minimum atomic E-state index is -0.916. The molecule has 0 spiro atoms. The molecule has 6 nitrogen and oxygen atoms in total. The minimum absolute atomic E-state index is 0.316. The fraction of sp³-hybridized carbons (Fsp3) is 0.190. The van der Waals surface area contributed by atoms with Crippen LogP contribution in [0.15, 0.2) is 66.7 Å². The lowest BCUT2D eigenvalue weighted by Gasteiger charge is -2.12. The molecule has 0 aliphatic rings. The summed E-state index contributed by atoms with van der Waals surface area (Å²) in [6.07, 6.45) is 2.31. The summed E-state index contributed by atoms with van der Waals surface area (Å²) in [5, 5.41) is 9.12. The second-order valence-electron chi connectivity index (χ2n) is 6.13. The number of aromatic nitrogens is 2. The van der Waals surface area contributed by atoms with Gasteiger partial charge in [-0.25, -0.2) is 4.79 Å². The highest BCUT2D eigenvalue weighted by atomic mass is 32.1. The largest absolute Gasteiger partial charge is 0.449 e. The fourth-order valence-corrected chi connectivity index (χ4v) is 3.33. The smallest absolute Gasteiger partial charge is 0.342 e. The summed E-state index contributed by atoms with van der Waals surface area (Å²) in [6, 6.07) is 13.7. The molecule has 1 N–H and O–H groups in total. The Morgan fingerprint density at radius 1 is 1.29 bits per heavy atom. The Balaban J connectivity index is 1.83. The van der Waals surface area contributed by atoms with Crippen molar-refractivity contribution in [2.45, 2.75) is 19.6 Å². The summed E-state index contributed by atoms with van der Waals surface area (Å²) in [5.41, 5.74) is 1.95. The molecule has 0 unspecified atom stereocenters. The van der Waals surface area contributed by atoms with Gasteiger partial charge >= 0.3 is 5.97 Å². The van der Waals surface area contributed by atoms with Crippen LogP contribution in [0.4, 0.5) is 0 Å². The molecule has 144 valence electrons. The highest BCUT2D eigenvalue weighted by molar-refractivity contribution is 7.13. The molecule has 2 heterocycles. The third-order valence-corrected chi connectivity index (χ3v) is 4.87. The van der Waals surface area contributed by atoms with Crippen molar-refractivity contribution in [3.63, 3.8) is 0 Å². The number of carbonyl (C=O) groups is 2. The van der Waals surface area contributed by atoms with E-state index < -0.39 is 12.1 Å². The van der Waals surface area contributed by atoms with Crippen molar-refractivity contribution in [3.05, 3.63) is 77.8 Å². The SMILES string of the molecule is C=CCNC(=O)[C@H](C)OC(=O)c1cn(Cc2ccccc2)nc1-c1cccs1. The molecule has 0 bridgehead atoms. The van der Waals surface area contributed by atoms with Gasteiger partial charge in [0.2, 0.25) is 0 Å². The summed E-state index contributed by atoms with van der Waals surface area (Å²) in [6.45, 7) is 5.93. The summed E-state index contributed by atoms with van der Waals surface area (Å²) >= 11 is 1.49. The Labute approximate surface area is 167 Å². The lowest BCUT2D eigenvalue weighted by atomic mass is 10.2. The zero-order valence-corrected chi connectivity index (χ0v) is 16.3. The second-order valence-corrected chi connectivity index (χ2v) is 7.08. The van der Waals surface area contributed by atoms with Crippen LogP contribution in [0, 0.1) is 0 Å². The average molecular weight is 395 g/mol. The van der Waals surface area contributed by atoms with Crippen LogP contribution in [0.25, 0.3) is 10.6 Å². The number of rotatable bonds is 8. The summed E-state index contributed by atoms with van der Waals surface area (Å²) in [7, 11) is 0. The molecule has 0 saturated heterocycles. The van der Waals surface area contributed by atoms with Gasteiger partial charge in [0.1, 0.15) is 11.3 Å². The first-order valence-electron chi connectivity index (χ1n) is 8.83. The average Bonchev–Trinajstić information content (AvgIpc) is 3.36. The van der Waals surface area contributed by atoms with E-state index in [4.69, 9.17) is 4.74 Å². The van der Waals surface area contributed by atoms with E-state index in [0.29, 0.717) is 24.3 Å². The molecule has 2 aromatic heterocycles. The summed E-state index contributed by atoms with van der Waals surface area (Å²) in [5.74, 6) is -0.952. The minimum Gasteiger partial charge on any atom is -0.449 e. The first kappa shape index (κ1) is 19.6. The van der Waals surface area contributed by atoms with Gasteiger partial charge in [-0.2, -0.15) is 5.10 Å². The Morgan fingerprint density at radius 2 is 2.07 bits per heavy atom. The molecule has 1 aromatic carbocycles. The quantitative estimate of drug-likeness (QED) is 0.468. The van der Waals surface area contributed by atoms with Gasteiger partial charge in [0.25, 0.3) is 5.91 Å². The maximum atomic E-state index is 12.7. The van der Waals surface area contributed by atoms with E-state index in [1.165, 1.54) is 18.3 Å². The molecule has 0 radical (unpaired) electrons. The first-order chi connectivity index (χ1) is 13.6. The standard InChI is InChI=1S/C21H21N3O3S/c1-3-11-22-20(25)15(2)27-21(26)17-14-24(13-16-8-5-4-6-9-16)23-19(17)18-10-7-12-28-18/h3-10,12,14-15H,1,11,13H2,2H3,(H,22,25)/t15-/m0/s1. The number of nitrogens with one attached hydrogen (secondary N) is 1. The normalized spacial score (nSPS) is 11.6. The van der Waals surface area contributed by atoms with Crippen LogP contribution in [0.3, 0.4) is 0 Å². The number of carbonyl (C=O) groups excluding carboxylic acids is 2. The number of hydrogen-bond acceptors (Lipinski definition) is 5. The van der Waals surface area contributed by atoms with Crippen molar-refractivity contribution in [1.29, 1.82) is 0 Å². The zero-order valence-electron chi connectivity index (χ0n) is 15.5. The number of thiophene rings is 1. The van der Waals surface area contributed by atoms with Gasteiger partial charge in [0.15, 0.2) is 6.10 Å².